The summed E-state index contributed by atoms with van der Waals surface area (Å²) in [4.78, 5) is 4.26. The van der Waals surface area contributed by atoms with Crippen molar-refractivity contribution in [2.45, 2.75) is 45.8 Å². The summed E-state index contributed by atoms with van der Waals surface area (Å²) < 4.78 is 19.8. The molecule has 2 heterocycles. The topological polar surface area (TPSA) is 45.5 Å². The second kappa shape index (κ2) is 5.39. The molecule has 0 saturated carbocycles. The number of hydrogen-bond acceptors (Lipinski definition) is 4. The Balaban J connectivity index is 1.95. The summed E-state index contributed by atoms with van der Waals surface area (Å²) >= 11 is 0. The Kier molecular flexibility index (Phi) is 3.77. The summed E-state index contributed by atoms with van der Waals surface area (Å²) in [6.07, 6.45) is 3.77. The van der Waals surface area contributed by atoms with E-state index in [1.54, 1.807) is 13.4 Å². The second-order valence-corrected chi connectivity index (χ2v) is 6.94. The predicted octanol–water partition coefficient (Wildman–Crippen LogP) is 2.49. The van der Waals surface area contributed by atoms with Crippen LogP contribution in [0.2, 0.25) is 0 Å². The highest BCUT2D eigenvalue weighted by atomic mass is 16.7. The number of nitrogens with zero attached hydrogens (tertiary/aromatic N) is 2. The third-order valence-corrected chi connectivity index (χ3v) is 4.73. The minimum absolute atomic E-state index is 0.372. The fourth-order valence-electron chi connectivity index (χ4n) is 2.59. The number of rotatable bonds is 3. The molecule has 1 aliphatic rings. The molecule has 1 saturated heterocycles. The number of aryl methyl sites for hydroxylation is 1. The van der Waals surface area contributed by atoms with Crippen LogP contribution in [0.4, 0.5) is 0 Å². The molecule has 1 aliphatic heterocycles. The smallest absolute Gasteiger partial charge is 0.497 e. The van der Waals surface area contributed by atoms with Crippen molar-refractivity contribution in [3.63, 3.8) is 0 Å². The molecule has 122 valence electrons. The third kappa shape index (κ3) is 2.77. The molecule has 5 nitrogen and oxygen atoms in total. The van der Waals surface area contributed by atoms with E-state index in [0.717, 1.165) is 22.6 Å². The van der Waals surface area contributed by atoms with Crippen LogP contribution in [-0.2, 0) is 9.31 Å². The first kappa shape index (κ1) is 16.1. The van der Waals surface area contributed by atoms with Crippen LogP contribution in [0, 0.1) is 6.92 Å². The molecule has 1 fully saturated rings. The van der Waals surface area contributed by atoms with Crippen LogP contribution in [0.25, 0.3) is 5.69 Å². The van der Waals surface area contributed by atoms with Gasteiger partial charge in [0.1, 0.15) is 5.75 Å². The SMILES string of the molecule is COc1cc(-n2cnc(C)c2)ccc1B1OC(C)(C)C(C)(C)O1. The molecule has 0 N–H and O–H groups in total. The maximum Gasteiger partial charge on any atom is 0.498 e. The van der Waals surface area contributed by atoms with Crippen LogP contribution < -0.4 is 10.2 Å². The van der Waals surface area contributed by atoms with E-state index in [2.05, 4.69) is 4.98 Å². The van der Waals surface area contributed by atoms with Crippen molar-refractivity contribution in [3.8, 4) is 11.4 Å². The van der Waals surface area contributed by atoms with E-state index in [4.69, 9.17) is 14.0 Å². The molecule has 0 bridgehead atoms. The summed E-state index contributed by atoms with van der Waals surface area (Å²) in [5.41, 5.74) is 2.11. The Morgan fingerprint density at radius 2 is 1.78 bits per heavy atom. The van der Waals surface area contributed by atoms with Gasteiger partial charge >= 0.3 is 7.12 Å². The van der Waals surface area contributed by atoms with E-state index >= 15 is 0 Å². The fourth-order valence-corrected chi connectivity index (χ4v) is 2.59. The highest BCUT2D eigenvalue weighted by Gasteiger charge is 2.52. The Morgan fingerprint density at radius 3 is 2.30 bits per heavy atom. The van der Waals surface area contributed by atoms with Crippen LogP contribution in [0.5, 0.6) is 5.75 Å². The van der Waals surface area contributed by atoms with Gasteiger partial charge in [0.05, 0.1) is 36.0 Å². The highest BCUT2D eigenvalue weighted by molar-refractivity contribution is 6.63. The summed E-state index contributed by atoms with van der Waals surface area (Å²) in [5, 5.41) is 0. The molecule has 0 spiro atoms. The van der Waals surface area contributed by atoms with Gasteiger partial charge in [-0.1, -0.05) is 6.07 Å². The van der Waals surface area contributed by atoms with E-state index in [0.29, 0.717) is 0 Å². The van der Waals surface area contributed by atoms with Gasteiger partial charge in [0.25, 0.3) is 0 Å². The zero-order chi connectivity index (χ0) is 16.8. The van der Waals surface area contributed by atoms with Gasteiger partial charge < -0.3 is 18.6 Å². The van der Waals surface area contributed by atoms with E-state index in [9.17, 15) is 0 Å². The minimum Gasteiger partial charge on any atom is -0.497 e. The molecule has 2 aromatic rings. The van der Waals surface area contributed by atoms with Gasteiger partial charge in [-0.25, -0.2) is 4.98 Å². The standard InChI is InChI=1S/C17H23BN2O3/c1-12-10-20(11-19-12)13-7-8-14(15(9-13)21-6)18-22-16(2,3)17(4,5)23-18/h7-11H,1-6H3. The highest BCUT2D eigenvalue weighted by Crippen LogP contribution is 2.37. The first-order valence-electron chi connectivity index (χ1n) is 7.78. The lowest BCUT2D eigenvalue weighted by atomic mass is 9.78. The average Bonchev–Trinajstić information content (AvgIpc) is 3.00. The Hall–Kier alpha value is -1.79. The number of ether oxygens (including phenoxy) is 1. The normalized spacial score (nSPS) is 19.1. The summed E-state index contributed by atoms with van der Waals surface area (Å²) in [7, 11) is 1.22. The molecule has 0 atom stereocenters. The Labute approximate surface area is 137 Å². The van der Waals surface area contributed by atoms with Gasteiger partial charge in [-0.05, 0) is 40.7 Å². The van der Waals surface area contributed by atoms with E-state index < -0.39 is 7.12 Å². The Bertz CT molecular complexity index is 708. The van der Waals surface area contributed by atoms with Crippen LogP contribution in [0.15, 0.2) is 30.7 Å². The van der Waals surface area contributed by atoms with Crippen LogP contribution in [-0.4, -0.2) is 35.0 Å². The lowest BCUT2D eigenvalue weighted by Crippen LogP contribution is -2.41. The third-order valence-electron chi connectivity index (χ3n) is 4.73. The second-order valence-electron chi connectivity index (χ2n) is 6.94. The zero-order valence-electron chi connectivity index (χ0n) is 14.6. The quantitative estimate of drug-likeness (QED) is 0.817. The van der Waals surface area contributed by atoms with Gasteiger partial charge in [0, 0.05) is 17.7 Å². The Morgan fingerprint density at radius 1 is 1.13 bits per heavy atom. The number of methoxy groups -OCH3 is 1. The van der Waals surface area contributed by atoms with E-state index in [1.165, 1.54) is 0 Å². The number of benzene rings is 1. The maximum atomic E-state index is 6.12. The van der Waals surface area contributed by atoms with Crippen molar-refractivity contribution in [1.82, 2.24) is 9.55 Å². The molecule has 3 rings (SSSR count). The minimum atomic E-state index is -0.437. The van der Waals surface area contributed by atoms with Crippen molar-refractivity contribution >= 4 is 12.6 Å². The van der Waals surface area contributed by atoms with Crippen LogP contribution >= 0.6 is 0 Å². The molecule has 23 heavy (non-hydrogen) atoms. The predicted molar refractivity (Wildman–Crippen MR) is 90.6 cm³/mol. The van der Waals surface area contributed by atoms with Gasteiger partial charge in [-0.3, -0.25) is 0 Å². The first-order valence-corrected chi connectivity index (χ1v) is 7.78. The summed E-state index contributed by atoms with van der Waals surface area (Å²) in [6.45, 7) is 10.1. The van der Waals surface area contributed by atoms with Crippen molar-refractivity contribution in [2.24, 2.45) is 0 Å². The molecule has 0 radical (unpaired) electrons. The first-order chi connectivity index (χ1) is 10.7. The fraction of sp³-hybridized carbons (Fsp3) is 0.471. The zero-order valence-corrected chi connectivity index (χ0v) is 14.6. The van der Waals surface area contributed by atoms with Gasteiger partial charge in [-0.15, -0.1) is 0 Å². The van der Waals surface area contributed by atoms with Crippen molar-refractivity contribution in [2.75, 3.05) is 7.11 Å². The largest absolute Gasteiger partial charge is 0.498 e. The van der Waals surface area contributed by atoms with Gasteiger partial charge in [0.2, 0.25) is 0 Å². The number of aromatic nitrogens is 2. The number of imidazole rings is 1. The van der Waals surface area contributed by atoms with E-state index in [1.807, 2.05) is 63.6 Å². The molecular weight excluding hydrogens is 291 g/mol. The molecule has 1 aromatic carbocycles. The monoisotopic (exact) mass is 314 g/mol. The lowest BCUT2D eigenvalue weighted by molar-refractivity contribution is 0.00578. The van der Waals surface area contributed by atoms with Gasteiger partial charge in [-0.2, -0.15) is 0 Å². The van der Waals surface area contributed by atoms with Crippen LogP contribution in [0.3, 0.4) is 0 Å². The summed E-state index contributed by atoms with van der Waals surface area (Å²) in [6, 6.07) is 5.98. The molecular formula is C17H23BN2O3. The number of hydrogen-bond donors (Lipinski definition) is 0. The average molecular weight is 314 g/mol. The van der Waals surface area contributed by atoms with Gasteiger partial charge in [0.15, 0.2) is 0 Å². The molecule has 0 aliphatic carbocycles. The van der Waals surface area contributed by atoms with Crippen molar-refractivity contribution in [1.29, 1.82) is 0 Å². The molecule has 1 aromatic heterocycles. The van der Waals surface area contributed by atoms with Crippen molar-refractivity contribution < 1.29 is 14.0 Å². The summed E-state index contributed by atoms with van der Waals surface area (Å²) in [5.74, 6) is 0.743. The van der Waals surface area contributed by atoms with Crippen molar-refractivity contribution in [3.05, 3.63) is 36.4 Å². The maximum absolute atomic E-state index is 6.12. The van der Waals surface area contributed by atoms with Crippen LogP contribution in [0.1, 0.15) is 33.4 Å². The lowest BCUT2D eigenvalue weighted by Gasteiger charge is -2.32. The molecule has 0 amide bonds. The van der Waals surface area contributed by atoms with E-state index in [-0.39, 0.29) is 11.2 Å². The molecule has 6 heteroatoms. The molecule has 0 unspecified atom stereocenters.